The molecule has 0 radical (unpaired) electrons. The summed E-state index contributed by atoms with van der Waals surface area (Å²) in [6, 6.07) is 71.3. The minimum atomic E-state index is -0.754. The van der Waals surface area contributed by atoms with E-state index in [2.05, 4.69) is 190 Å². The Hall–Kier alpha value is -12.7. The van der Waals surface area contributed by atoms with Crippen LogP contribution in [0.15, 0.2) is 309 Å². The molecule has 0 unspecified atom stereocenters. The van der Waals surface area contributed by atoms with Gasteiger partial charge in [-0.15, -0.1) is 0 Å². The van der Waals surface area contributed by atoms with Crippen molar-refractivity contribution in [3.63, 3.8) is 0 Å². The second-order valence-electron chi connectivity index (χ2n) is 28.0. The van der Waals surface area contributed by atoms with Gasteiger partial charge in [0.1, 0.15) is 0 Å². The molecule has 0 atom stereocenters. The van der Waals surface area contributed by atoms with Crippen LogP contribution in [0.2, 0.25) is 0 Å². The number of nitrogens with zero attached hydrogens (tertiary/aromatic N) is 6. The Morgan fingerprint density at radius 3 is 1.27 bits per heavy atom. The van der Waals surface area contributed by atoms with Crippen LogP contribution in [0, 0.1) is 17.9 Å². The van der Waals surface area contributed by atoms with Gasteiger partial charge < -0.3 is 18.9 Å². The third kappa shape index (κ3) is 10.1. The molecule has 16 aromatic rings. The van der Waals surface area contributed by atoms with Crippen molar-refractivity contribution in [3.05, 3.63) is 337 Å². The number of nitriles is 1. The van der Waals surface area contributed by atoms with Crippen molar-refractivity contribution >= 4 is 107 Å². The van der Waals surface area contributed by atoms with E-state index in [1.165, 1.54) is 0 Å². The Bertz CT molecular complexity index is 6640. The third-order valence-electron chi connectivity index (χ3n) is 20.0. The molecule has 7 heteroatoms. The predicted octanol–water partition coefficient (Wildman–Crippen LogP) is 23.3. The lowest BCUT2D eigenvalue weighted by atomic mass is 9.33. The van der Waals surface area contributed by atoms with E-state index in [4.69, 9.17) is 9.31 Å². The van der Waals surface area contributed by atoms with Crippen molar-refractivity contribution in [1.29, 1.82) is 5.26 Å². The van der Waals surface area contributed by atoms with Gasteiger partial charge in [-0.05, 0) is 203 Å². The molecular formula is C94H69BN6. The number of fused-ring (bicyclic) bond motifs is 10. The third-order valence-corrected chi connectivity index (χ3v) is 20.0. The summed E-state index contributed by atoms with van der Waals surface area (Å²) < 4.78 is 136. The summed E-state index contributed by atoms with van der Waals surface area (Å²) in [5.74, 6) is 0. The fourth-order valence-electron chi connectivity index (χ4n) is 15.1. The van der Waals surface area contributed by atoms with Gasteiger partial charge in [-0.25, -0.2) is 4.85 Å². The topological polar surface area (TPSA) is 44.5 Å². The summed E-state index contributed by atoms with van der Waals surface area (Å²) in [5.41, 5.74) is 16.3. The van der Waals surface area contributed by atoms with Gasteiger partial charge in [0.15, 0.2) is 5.69 Å². The minimum absolute atomic E-state index is 0.0627. The molecule has 18 rings (SSSR count). The molecule has 2 aliphatic heterocycles. The van der Waals surface area contributed by atoms with Gasteiger partial charge in [-0.1, -0.05) is 235 Å². The van der Waals surface area contributed by atoms with E-state index < -0.39 is 103 Å². The highest BCUT2D eigenvalue weighted by Crippen LogP contribution is 2.52. The number of rotatable bonds is 9. The van der Waals surface area contributed by atoms with E-state index in [0.29, 0.717) is 22.7 Å². The second kappa shape index (κ2) is 23.5. The zero-order chi connectivity index (χ0) is 80.6. The Labute approximate surface area is 609 Å². The molecule has 0 spiro atoms. The first-order valence-electron chi connectivity index (χ1n) is 40.7. The Morgan fingerprint density at radius 1 is 0.376 bits per heavy atom. The molecule has 0 saturated carbocycles. The van der Waals surface area contributed by atoms with Gasteiger partial charge in [-0.3, -0.25) is 0 Å². The van der Waals surface area contributed by atoms with Crippen molar-refractivity contribution < 1.29 is 19.2 Å². The maximum Gasteiger partial charge on any atom is 0.252 e. The first-order valence-corrected chi connectivity index (χ1v) is 33.7. The molecule has 2 aliphatic rings. The number of benzene rings is 14. The lowest BCUT2D eigenvalue weighted by molar-refractivity contribution is 0.590. The lowest BCUT2D eigenvalue weighted by Gasteiger charge is -2.45. The molecule has 101 heavy (non-hydrogen) atoms. The SMILES string of the molecule is [2H]c1c([2H])c([2H])c2c(c1[2H])c1c([2H])c(C#N)c([2H])c([2H])c1n2-c1ccc2c(c1)N(c1ccc(C(C)(C)C)cc1-c1cccc(-c3ccccc3)c1)c1cc(-c3ccccc3)cc3c1B2c1ccc(-n2c4c([2H])c([2H])c([2H])c([2H])c4c4c([2H])c([N+]#[C-])c([2H])c([2H])c42)cc1N3c1ccc(C(C)(C)C)cc1-c1cccc(-c2ccccc2)c1. The summed E-state index contributed by atoms with van der Waals surface area (Å²) in [6.45, 7) is 20.5. The van der Waals surface area contributed by atoms with E-state index >= 15 is 0 Å². The molecular weight excluding hydrogens is 1220 g/mol. The van der Waals surface area contributed by atoms with Crippen molar-refractivity contribution in [2.45, 2.75) is 52.4 Å². The Morgan fingerprint density at radius 2 is 0.802 bits per heavy atom. The van der Waals surface area contributed by atoms with E-state index in [9.17, 15) is 21.7 Å². The largest absolute Gasteiger partial charge is 0.311 e. The zero-order valence-electron chi connectivity index (χ0n) is 70.1. The average molecular weight is 1310 g/mol. The fourth-order valence-corrected chi connectivity index (χ4v) is 15.1. The molecule has 14 aromatic carbocycles. The van der Waals surface area contributed by atoms with E-state index in [-0.39, 0.29) is 54.4 Å². The summed E-state index contributed by atoms with van der Waals surface area (Å²) >= 11 is 0. The van der Waals surface area contributed by atoms with Gasteiger partial charge >= 0.3 is 0 Å². The molecule has 0 fully saturated rings. The maximum absolute atomic E-state index is 10.6. The highest BCUT2D eigenvalue weighted by Gasteiger charge is 2.45. The molecule has 0 aliphatic carbocycles. The molecule has 0 amide bonds. The van der Waals surface area contributed by atoms with Crippen LogP contribution >= 0.6 is 0 Å². The van der Waals surface area contributed by atoms with Crippen LogP contribution in [-0.2, 0) is 10.8 Å². The van der Waals surface area contributed by atoms with Crippen LogP contribution in [0.5, 0.6) is 0 Å². The van der Waals surface area contributed by atoms with Gasteiger partial charge in [0.2, 0.25) is 0 Å². The van der Waals surface area contributed by atoms with E-state index in [1.807, 2.05) is 97.1 Å². The maximum atomic E-state index is 10.6. The highest BCUT2D eigenvalue weighted by atomic mass is 15.2. The molecule has 0 saturated heterocycles. The van der Waals surface area contributed by atoms with Gasteiger partial charge in [-0.2, -0.15) is 5.26 Å². The monoisotopic (exact) mass is 1310 g/mol. The quantitative estimate of drug-likeness (QED) is 0.107. The molecule has 0 N–H and O–H groups in total. The molecule has 0 bridgehead atoms. The summed E-state index contributed by atoms with van der Waals surface area (Å²) in [5, 5.41) is 10.3. The van der Waals surface area contributed by atoms with E-state index in [1.54, 1.807) is 9.13 Å². The average Bonchev–Trinajstić information content (AvgIpc) is 0.890. The summed E-state index contributed by atoms with van der Waals surface area (Å²) in [4.78, 5) is 8.10. The van der Waals surface area contributed by atoms with Gasteiger partial charge in [0, 0.05) is 64.2 Å². The van der Waals surface area contributed by atoms with Gasteiger partial charge in [0.05, 0.1) is 68.1 Å². The number of hydrogen-bond acceptors (Lipinski definition) is 3. The normalized spacial score (nSPS) is 14.5. The van der Waals surface area contributed by atoms with Gasteiger partial charge in [0.25, 0.3) is 6.71 Å². The molecule has 6 nitrogen and oxygen atoms in total. The predicted molar refractivity (Wildman–Crippen MR) is 425 cm³/mol. The minimum Gasteiger partial charge on any atom is -0.311 e. The Balaban J connectivity index is 1.03. The van der Waals surface area contributed by atoms with Crippen molar-refractivity contribution in [2.75, 3.05) is 9.80 Å². The molecule has 478 valence electrons. The molecule has 2 aromatic heterocycles. The number of anilines is 6. The van der Waals surface area contributed by atoms with Crippen molar-refractivity contribution in [3.8, 4) is 73.1 Å². The number of hydrogen-bond donors (Lipinski definition) is 0. The summed E-state index contributed by atoms with van der Waals surface area (Å²) in [6.07, 6.45) is 0. The highest BCUT2D eigenvalue weighted by molar-refractivity contribution is 7.00. The first-order chi connectivity index (χ1) is 55.1. The van der Waals surface area contributed by atoms with Crippen LogP contribution in [-0.4, -0.2) is 15.8 Å². The fraction of sp³-hybridized carbons (Fsp3) is 0.0851. The lowest BCUT2D eigenvalue weighted by Crippen LogP contribution is -2.61. The smallest absolute Gasteiger partial charge is 0.252 e. The van der Waals surface area contributed by atoms with Crippen LogP contribution in [0.1, 0.15) is 77.4 Å². The zero-order valence-corrected chi connectivity index (χ0v) is 56.1. The van der Waals surface area contributed by atoms with E-state index in [0.717, 1.165) is 106 Å². The number of aromatic nitrogens is 2. The van der Waals surface area contributed by atoms with Crippen LogP contribution in [0.25, 0.3) is 115 Å². The Kier molecular flexibility index (Phi) is 11.0. The second-order valence-corrected chi connectivity index (χ2v) is 28.0. The van der Waals surface area contributed by atoms with Crippen molar-refractivity contribution in [1.82, 2.24) is 9.13 Å². The number of para-hydroxylation sites is 2. The summed E-state index contributed by atoms with van der Waals surface area (Å²) in [7, 11) is 0. The van der Waals surface area contributed by atoms with Crippen LogP contribution in [0.4, 0.5) is 39.8 Å². The van der Waals surface area contributed by atoms with Crippen LogP contribution in [0.3, 0.4) is 0 Å². The molecule has 4 heterocycles. The van der Waals surface area contributed by atoms with Crippen molar-refractivity contribution in [2.24, 2.45) is 0 Å². The standard InChI is InChI=1S/C94H69BN6/c1-93(2,3)69-38-46-84(76(54-69)66-31-21-29-64(50-66)61-23-11-8-12-24-61)100-88-57-72(98-82-35-19-17-33-74(82)78-49-60(59-96)37-45-86(78)98)41-43-80(88)95-81-44-42-73(99-83-36-20-18-34-75(83)79-56-71(97-7)40-48-87(79)99)58-89(81)101(91-53-68(52-90(100)92(91)95)63-27-15-10-16-28-63)85-47-39-70(94(4,5)6)55-77(85)67-32-22-30-65(51-67)62-25-13-9-14-26-62/h8-58H,1-6H3/i17D,18D,19D,20D,33D,34D,35D,36D,37D,40D,45D,48D,49D,56D. The van der Waals surface area contributed by atoms with Crippen LogP contribution < -0.4 is 26.2 Å². The first kappa shape index (κ1) is 47.3.